The van der Waals surface area contributed by atoms with Gasteiger partial charge in [-0.3, -0.25) is 9.58 Å². The number of halogens is 1. The molecule has 2 heterocycles. The van der Waals surface area contributed by atoms with Crippen molar-refractivity contribution in [3.63, 3.8) is 0 Å². The Labute approximate surface area is 126 Å². The molecule has 0 amide bonds. The minimum absolute atomic E-state index is 0.164. The molecule has 1 atom stereocenters. The summed E-state index contributed by atoms with van der Waals surface area (Å²) in [5.74, 6) is 0.888. The summed E-state index contributed by atoms with van der Waals surface area (Å²) in [4.78, 5) is 2.57. The average Bonchev–Trinajstić information content (AvgIpc) is 3.17. The van der Waals surface area contributed by atoms with Crippen LogP contribution in [-0.2, 0) is 13.6 Å². The molecular weight excluding hydrogens is 272 g/mol. The first-order valence-corrected chi connectivity index (χ1v) is 7.92. The number of hydrogen-bond acceptors (Lipinski definition) is 3. The molecule has 1 unspecified atom stereocenters. The highest BCUT2D eigenvalue weighted by Crippen LogP contribution is 2.36. The standard InChI is InChI=1S/C15H25ClN4/c1-10-12(14(16)19(4)18-10)7-20-8-13(11-5-6-11)17-9-15(20,2)3/h11,13,17H,5-9H2,1-4H3. The first-order chi connectivity index (χ1) is 9.38. The van der Waals surface area contributed by atoms with Crippen molar-refractivity contribution in [2.75, 3.05) is 13.1 Å². The van der Waals surface area contributed by atoms with Crippen LogP contribution in [-0.4, -0.2) is 39.4 Å². The molecular formula is C15H25ClN4. The van der Waals surface area contributed by atoms with Crippen LogP contribution in [0.25, 0.3) is 0 Å². The van der Waals surface area contributed by atoms with Gasteiger partial charge in [-0.2, -0.15) is 5.10 Å². The van der Waals surface area contributed by atoms with Gasteiger partial charge in [0.2, 0.25) is 0 Å². The lowest BCUT2D eigenvalue weighted by Gasteiger charge is -2.46. The zero-order chi connectivity index (χ0) is 14.5. The smallest absolute Gasteiger partial charge is 0.131 e. The van der Waals surface area contributed by atoms with Gasteiger partial charge in [-0.25, -0.2) is 0 Å². The molecule has 0 radical (unpaired) electrons. The van der Waals surface area contributed by atoms with Crippen LogP contribution in [0, 0.1) is 12.8 Å². The number of rotatable bonds is 3. The predicted molar refractivity (Wildman–Crippen MR) is 82.0 cm³/mol. The van der Waals surface area contributed by atoms with Gasteiger partial charge < -0.3 is 5.32 Å². The molecule has 1 saturated carbocycles. The SMILES string of the molecule is Cc1nn(C)c(Cl)c1CN1CC(C2CC2)NCC1(C)C. The average molecular weight is 297 g/mol. The fraction of sp³-hybridized carbons (Fsp3) is 0.800. The summed E-state index contributed by atoms with van der Waals surface area (Å²) in [7, 11) is 1.91. The fourth-order valence-electron chi connectivity index (χ4n) is 3.18. The van der Waals surface area contributed by atoms with Crippen molar-refractivity contribution in [3.8, 4) is 0 Å². The second kappa shape index (κ2) is 5.00. The Kier molecular flexibility index (Phi) is 3.59. The Morgan fingerprint density at radius 2 is 2.10 bits per heavy atom. The molecule has 0 aromatic carbocycles. The summed E-state index contributed by atoms with van der Waals surface area (Å²) in [6.45, 7) is 9.73. The lowest BCUT2D eigenvalue weighted by Crippen LogP contribution is -2.62. The molecule has 0 bridgehead atoms. The summed E-state index contributed by atoms with van der Waals surface area (Å²) in [6, 6.07) is 0.652. The van der Waals surface area contributed by atoms with Crippen molar-refractivity contribution >= 4 is 11.6 Å². The molecule has 3 rings (SSSR count). The Balaban J connectivity index is 1.79. The zero-order valence-corrected chi connectivity index (χ0v) is 13.7. The third kappa shape index (κ3) is 2.61. The van der Waals surface area contributed by atoms with E-state index in [2.05, 4.69) is 36.1 Å². The van der Waals surface area contributed by atoms with Crippen LogP contribution in [0.3, 0.4) is 0 Å². The van der Waals surface area contributed by atoms with Crippen molar-refractivity contribution in [1.82, 2.24) is 20.0 Å². The van der Waals surface area contributed by atoms with Crippen molar-refractivity contribution in [1.29, 1.82) is 0 Å². The van der Waals surface area contributed by atoms with Crippen LogP contribution in [0.15, 0.2) is 0 Å². The first kappa shape index (κ1) is 14.4. The molecule has 1 aromatic heterocycles. The molecule has 1 aliphatic heterocycles. The van der Waals surface area contributed by atoms with E-state index in [4.69, 9.17) is 11.6 Å². The Morgan fingerprint density at radius 3 is 2.65 bits per heavy atom. The molecule has 1 saturated heterocycles. The topological polar surface area (TPSA) is 33.1 Å². The van der Waals surface area contributed by atoms with Gasteiger partial charge >= 0.3 is 0 Å². The van der Waals surface area contributed by atoms with Gasteiger partial charge in [0, 0.05) is 43.8 Å². The van der Waals surface area contributed by atoms with Crippen molar-refractivity contribution in [2.45, 2.75) is 51.7 Å². The Morgan fingerprint density at radius 1 is 1.40 bits per heavy atom. The lowest BCUT2D eigenvalue weighted by atomic mass is 9.95. The molecule has 5 heteroatoms. The predicted octanol–water partition coefficient (Wildman–Crippen LogP) is 2.34. The number of nitrogens with zero attached hydrogens (tertiary/aromatic N) is 3. The third-order valence-electron chi connectivity index (χ3n) is 4.88. The molecule has 0 spiro atoms. The van der Waals surface area contributed by atoms with E-state index in [9.17, 15) is 0 Å². The number of nitrogens with one attached hydrogen (secondary N) is 1. The molecule has 2 aliphatic rings. The van der Waals surface area contributed by atoms with E-state index in [-0.39, 0.29) is 5.54 Å². The first-order valence-electron chi connectivity index (χ1n) is 7.55. The van der Waals surface area contributed by atoms with Gasteiger partial charge in [-0.05, 0) is 39.5 Å². The number of hydrogen-bond donors (Lipinski definition) is 1. The number of piperazine rings is 1. The summed E-state index contributed by atoms with van der Waals surface area (Å²) < 4.78 is 1.78. The van der Waals surface area contributed by atoms with E-state index >= 15 is 0 Å². The summed E-state index contributed by atoms with van der Waals surface area (Å²) in [5, 5.41) is 8.94. The van der Waals surface area contributed by atoms with Crippen LogP contribution < -0.4 is 5.32 Å². The van der Waals surface area contributed by atoms with Gasteiger partial charge in [0.25, 0.3) is 0 Å². The van der Waals surface area contributed by atoms with Crippen molar-refractivity contribution < 1.29 is 0 Å². The van der Waals surface area contributed by atoms with Gasteiger partial charge in [0.15, 0.2) is 0 Å². The Hall–Kier alpha value is -0.580. The molecule has 1 aromatic rings. The maximum Gasteiger partial charge on any atom is 0.131 e. The Bertz CT molecular complexity index is 504. The van der Waals surface area contributed by atoms with Gasteiger partial charge in [-0.1, -0.05) is 11.6 Å². The highest BCUT2D eigenvalue weighted by molar-refractivity contribution is 6.30. The van der Waals surface area contributed by atoms with E-state index in [1.807, 2.05) is 7.05 Å². The molecule has 2 fully saturated rings. The molecule has 4 nitrogen and oxygen atoms in total. The van der Waals surface area contributed by atoms with E-state index in [1.165, 1.54) is 18.4 Å². The van der Waals surface area contributed by atoms with E-state index in [0.29, 0.717) is 6.04 Å². The van der Waals surface area contributed by atoms with Crippen LogP contribution >= 0.6 is 11.6 Å². The van der Waals surface area contributed by atoms with Gasteiger partial charge in [0.1, 0.15) is 5.15 Å². The monoisotopic (exact) mass is 296 g/mol. The summed E-state index contributed by atoms with van der Waals surface area (Å²) in [6.07, 6.45) is 2.78. The normalized spacial score (nSPS) is 26.9. The quantitative estimate of drug-likeness (QED) is 0.929. The van der Waals surface area contributed by atoms with Crippen LogP contribution in [0.5, 0.6) is 0 Å². The number of aryl methyl sites for hydroxylation is 2. The fourth-order valence-corrected chi connectivity index (χ4v) is 3.41. The van der Waals surface area contributed by atoms with Crippen molar-refractivity contribution in [3.05, 3.63) is 16.4 Å². The highest BCUT2D eigenvalue weighted by atomic mass is 35.5. The third-order valence-corrected chi connectivity index (χ3v) is 5.35. The van der Waals surface area contributed by atoms with Crippen LogP contribution in [0.2, 0.25) is 5.15 Å². The van der Waals surface area contributed by atoms with E-state index in [1.54, 1.807) is 4.68 Å². The minimum Gasteiger partial charge on any atom is -0.311 e. The van der Waals surface area contributed by atoms with Gasteiger partial charge in [-0.15, -0.1) is 0 Å². The number of aromatic nitrogens is 2. The van der Waals surface area contributed by atoms with Gasteiger partial charge in [0.05, 0.1) is 5.69 Å². The summed E-state index contributed by atoms with van der Waals surface area (Å²) in [5.41, 5.74) is 2.39. The molecule has 20 heavy (non-hydrogen) atoms. The second-order valence-electron chi connectivity index (χ2n) is 7.00. The van der Waals surface area contributed by atoms with E-state index < -0.39 is 0 Å². The van der Waals surface area contributed by atoms with E-state index in [0.717, 1.165) is 36.4 Å². The van der Waals surface area contributed by atoms with Crippen LogP contribution in [0.4, 0.5) is 0 Å². The maximum absolute atomic E-state index is 6.40. The summed E-state index contributed by atoms with van der Waals surface area (Å²) >= 11 is 6.40. The maximum atomic E-state index is 6.40. The minimum atomic E-state index is 0.164. The molecule has 1 N–H and O–H groups in total. The molecule has 1 aliphatic carbocycles. The van der Waals surface area contributed by atoms with Crippen LogP contribution in [0.1, 0.15) is 37.9 Å². The highest BCUT2D eigenvalue weighted by Gasteiger charge is 2.40. The van der Waals surface area contributed by atoms with Crippen molar-refractivity contribution in [2.24, 2.45) is 13.0 Å². The zero-order valence-electron chi connectivity index (χ0n) is 12.9. The largest absolute Gasteiger partial charge is 0.311 e. The second-order valence-corrected chi connectivity index (χ2v) is 7.35. The molecule has 112 valence electrons. The lowest BCUT2D eigenvalue weighted by molar-refractivity contribution is 0.0532.